The molecule has 6 N–H and O–H groups in total. The van der Waals surface area contributed by atoms with Gasteiger partial charge < -0.3 is 41.1 Å². The minimum absolute atomic E-state index is 0.00434. The molecular formula is C46H64N6O7. The number of hydrogen-bond acceptors (Lipinski definition) is 10. The summed E-state index contributed by atoms with van der Waals surface area (Å²) in [6, 6.07) is 20.0. The van der Waals surface area contributed by atoms with Gasteiger partial charge in [0.15, 0.2) is 0 Å². The lowest BCUT2D eigenvalue weighted by molar-refractivity contribution is -0.183. The molecule has 59 heavy (non-hydrogen) atoms. The Morgan fingerprint density at radius 2 is 1.78 bits per heavy atom. The van der Waals surface area contributed by atoms with Crippen LogP contribution in [0.3, 0.4) is 0 Å². The number of amides is 3. The quantitative estimate of drug-likeness (QED) is 0.135. The number of nitrogens with two attached hydrogens (primary N) is 1. The van der Waals surface area contributed by atoms with Gasteiger partial charge in [-0.15, -0.1) is 0 Å². The number of carbonyl (C=O) groups excluding carboxylic acids is 3. The first-order chi connectivity index (χ1) is 28.0. The summed E-state index contributed by atoms with van der Waals surface area (Å²) in [5.74, 6) is 0.162. The predicted octanol–water partition coefficient (Wildman–Crippen LogP) is 3.85. The van der Waals surface area contributed by atoms with Crippen molar-refractivity contribution in [3.63, 3.8) is 0 Å². The molecule has 320 valence electrons. The van der Waals surface area contributed by atoms with Crippen LogP contribution in [0.15, 0.2) is 66.7 Å². The van der Waals surface area contributed by atoms with Gasteiger partial charge in [0.1, 0.15) is 17.9 Å². The summed E-state index contributed by atoms with van der Waals surface area (Å²) in [5, 5.41) is 29.6. The van der Waals surface area contributed by atoms with Gasteiger partial charge in [-0.25, -0.2) is 0 Å². The maximum atomic E-state index is 14.3. The Morgan fingerprint density at radius 3 is 2.39 bits per heavy atom. The van der Waals surface area contributed by atoms with E-state index in [0.717, 1.165) is 12.0 Å². The molecule has 3 aromatic carbocycles. The van der Waals surface area contributed by atoms with E-state index in [1.807, 2.05) is 73.6 Å². The van der Waals surface area contributed by atoms with Crippen LogP contribution in [-0.2, 0) is 27.4 Å². The van der Waals surface area contributed by atoms with Gasteiger partial charge in [0.2, 0.25) is 11.8 Å². The Bertz CT molecular complexity index is 1960. The number of aliphatic hydroxyl groups excluding tert-OH is 2. The highest BCUT2D eigenvalue weighted by atomic mass is 16.7. The fourth-order valence-electron chi connectivity index (χ4n) is 10.0. The van der Waals surface area contributed by atoms with Crippen molar-refractivity contribution in [2.24, 2.45) is 34.8 Å². The SMILES string of the molecule is COc1c(CN2O[C@@H](CO)[C@@H]([C@H](C)O)[C@H]2C(=O)N[C@H]2C[C@@H]3C[C@H]([C@@H]2C)C3(C)C)cccc1-c1cc(C(=O)N[C@@H](Cc2ccccc2)CN(C)C)cc(N(C)CC(N)=O)c1. The van der Waals surface area contributed by atoms with Crippen molar-refractivity contribution in [3.8, 4) is 16.9 Å². The molecule has 9 atom stereocenters. The molecule has 0 aromatic heterocycles. The van der Waals surface area contributed by atoms with Gasteiger partial charge in [-0.05, 0) is 92.8 Å². The lowest BCUT2D eigenvalue weighted by Crippen LogP contribution is -2.62. The van der Waals surface area contributed by atoms with Gasteiger partial charge in [0.25, 0.3) is 5.91 Å². The molecule has 1 saturated heterocycles. The molecule has 0 radical (unpaired) electrons. The van der Waals surface area contributed by atoms with E-state index in [0.29, 0.717) is 64.4 Å². The van der Waals surface area contributed by atoms with Crippen molar-refractivity contribution in [2.75, 3.05) is 52.8 Å². The average molecular weight is 813 g/mol. The number of rotatable bonds is 17. The van der Waals surface area contributed by atoms with E-state index in [9.17, 15) is 24.6 Å². The highest BCUT2D eigenvalue weighted by molar-refractivity contribution is 5.97. The number of ether oxygens (including phenoxy) is 1. The normalized spacial score (nSPS) is 25.8. The Balaban J connectivity index is 1.32. The third kappa shape index (κ3) is 9.60. The summed E-state index contributed by atoms with van der Waals surface area (Å²) >= 11 is 0. The number of primary amides is 1. The molecular weight excluding hydrogens is 749 g/mol. The van der Waals surface area contributed by atoms with Crippen molar-refractivity contribution < 1.29 is 34.2 Å². The monoisotopic (exact) mass is 812 g/mol. The van der Waals surface area contributed by atoms with Crippen LogP contribution < -0.4 is 26.0 Å². The van der Waals surface area contributed by atoms with E-state index < -0.39 is 30.1 Å². The number of nitrogens with zero attached hydrogens (tertiary/aromatic N) is 3. The summed E-state index contributed by atoms with van der Waals surface area (Å²) in [6.07, 6.45) is 0.984. The van der Waals surface area contributed by atoms with Crippen LogP contribution in [0.4, 0.5) is 5.69 Å². The number of hydroxylamine groups is 2. The molecule has 0 spiro atoms. The topological polar surface area (TPSA) is 170 Å². The number of methoxy groups -OCH3 is 1. The first kappa shape index (κ1) is 44.0. The third-order valence-corrected chi connectivity index (χ3v) is 13.3. The Labute approximate surface area is 349 Å². The van der Waals surface area contributed by atoms with E-state index in [1.165, 1.54) is 6.42 Å². The van der Waals surface area contributed by atoms with E-state index in [1.54, 1.807) is 43.2 Å². The van der Waals surface area contributed by atoms with Gasteiger partial charge in [-0.1, -0.05) is 69.3 Å². The van der Waals surface area contributed by atoms with Crippen molar-refractivity contribution >= 4 is 23.4 Å². The zero-order valence-corrected chi connectivity index (χ0v) is 35.9. The minimum atomic E-state index is -0.938. The van der Waals surface area contributed by atoms with Crippen LogP contribution in [0.25, 0.3) is 11.1 Å². The molecule has 4 aliphatic rings. The number of likely N-dealkylation sites (N-methyl/N-ethyl adjacent to an activating group) is 2. The molecule has 3 saturated carbocycles. The highest BCUT2D eigenvalue weighted by Crippen LogP contribution is 2.61. The highest BCUT2D eigenvalue weighted by Gasteiger charge is 2.57. The van der Waals surface area contributed by atoms with Gasteiger partial charge in [-0.3, -0.25) is 19.2 Å². The minimum Gasteiger partial charge on any atom is -0.496 e. The molecule has 7 rings (SSSR count). The summed E-state index contributed by atoms with van der Waals surface area (Å²) in [4.78, 5) is 50.6. The molecule has 3 aliphatic carbocycles. The first-order valence-corrected chi connectivity index (χ1v) is 20.8. The number of benzene rings is 3. The summed E-state index contributed by atoms with van der Waals surface area (Å²) in [6.45, 7) is 8.78. The van der Waals surface area contributed by atoms with E-state index in [-0.39, 0.29) is 49.0 Å². The second-order valence-electron chi connectivity index (χ2n) is 17.9. The predicted molar refractivity (Wildman–Crippen MR) is 228 cm³/mol. The molecule has 13 nitrogen and oxygen atoms in total. The Kier molecular flexibility index (Phi) is 13.7. The van der Waals surface area contributed by atoms with Crippen LogP contribution in [-0.4, -0.2) is 116 Å². The number of aliphatic hydroxyl groups is 2. The summed E-state index contributed by atoms with van der Waals surface area (Å²) in [5.41, 5.74) is 9.99. The smallest absolute Gasteiger partial charge is 0.251 e. The molecule has 3 amide bonds. The molecule has 0 unspecified atom stereocenters. The average Bonchev–Trinajstić information content (AvgIpc) is 3.56. The number of para-hydroxylation sites is 1. The van der Waals surface area contributed by atoms with Crippen LogP contribution in [0.2, 0.25) is 0 Å². The van der Waals surface area contributed by atoms with Gasteiger partial charge in [0.05, 0.1) is 32.9 Å². The zero-order chi connectivity index (χ0) is 42.8. The van der Waals surface area contributed by atoms with Gasteiger partial charge in [-0.2, -0.15) is 5.06 Å². The van der Waals surface area contributed by atoms with Crippen LogP contribution in [0.1, 0.15) is 62.0 Å². The molecule has 1 heterocycles. The van der Waals surface area contributed by atoms with Crippen LogP contribution >= 0.6 is 0 Å². The summed E-state index contributed by atoms with van der Waals surface area (Å²) < 4.78 is 6.10. The van der Waals surface area contributed by atoms with E-state index in [4.69, 9.17) is 15.3 Å². The molecule has 4 fully saturated rings. The largest absolute Gasteiger partial charge is 0.496 e. The molecule has 2 bridgehead atoms. The van der Waals surface area contributed by atoms with Gasteiger partial charge >= 0.3 is 0 Å². The number of carbonyl (C=O) groups is 3. The Hall–Kier alpha value is -4.53. The standard InChI is InChI=1S/C46H64N6O7/c1-27-37-21-33(46(37,3)4)22-38(27)49-45(57)42-41(28(2)54)39(26-53)59-52(42)23-30-15-12-16-36(43(30)58-8)31-18-32(20-35(19-31)51(7)25-40(47)55)44(56)48-34(24-50(5)6)17-29-13-10-9-11-14-29/h9-16,18-20,27-28,33-34,37-39,41-42,53-54H,17,21-26H2,1-8H3,(H2,47,55)(H,48,56)(H,49,57)/t27-,28-,33-,34-,37+,38-,39-,41+,42-/m0/s1. The second kappa shape index (κ2) is 18.4. The first-order valence-electron chi connectivity index (χ1n) is 20.8. The van der Waals surface area contributed by atoms with Crippen molar-refractivity contribution in [1.29, 1.82) is 0 Å². The maximum Gasteiger partial charge on any atom is 0.251 e. The summed E-state index contributed by atoms with van der Waals surface area (Å²) in [7, 11) is 7.25. The molecule has 13 heteroatoms. The van der Waals surface area contributed by atoms with Crippen molar-refractivity contribution in [1.82, 2.24) is 20.6 Å². The lowest BCUT2D eigenvalue weighted by atomic mass is 9.45. The lowest BCUT2D eigenvalue weighted by Gasteiger charge is -2.62. The van der Waals surface area contributed by atoms with E-state index >= 15 is 0 Å². The van der Waals surface area contributed by atoms with E-state index in [2.05, 4.69) is 31.4 Å². The number of anilines is 1. The number of fused-ring (bicyclic) bond motifs is 2. The maximum absolute atomic E-state index is 14.3. The second-order valence-corrected chi connectivity index (χ2v) is 17.9. The molecule has 3 aromatic rings. The van der Waals surface area contributed by atoms with Crippen molar-refractivity contribution in [3.05, 3.63) is 83.4 Å². The molecule has 1 aliphatic heterocycles. The Morgan fingerprint density at radius 1 is 1.05 bits per heavy atom. The van der Waals surface area contributed by atoms with Crippen molar-refractivity contribution in [2.45, 2.75) is 83.8 Å². The van der Waals surface area contributed by atoms with Gasteiger partial charge in [0, 0.05) is 54.0 Å². The fourth-order valence-corrected chi connectivity index (χ4v) is 10.0. The van der Waals surface area contributed by atoms with Crippen LogP contribution in [0.5, 0.6) is 5.75 Å². The zero-order valence-electron chi connectivity index (χ0n) is 35.9. The van der Waals surface area contributed by atoms with Crippen LogP contribution in [0, 0.1) is 29.1 Å². The number of hydrogen-bond donors (Lipinski definition) is 5. The third-order valence-electron chi connectivity index (χ3n) is 13.3. The number of nitrogens with one attached hydrogen (secondary N) is 2. The fraction of sp³-hybridized carbons (Fsp3) is 0.543.